The second-order valence-electron chi connectivity index (χ2n) is 2.76. The van der Waals surface area contributed by atoms with Crippen molar-refractivity contribution in [1.82, 2.24) is 4.90 Å². The molecule has 11 heavy (non-hydrogen) atoms. The van der Waals surface area contributed by atoms with Crippen LogP contribution in [0.5, 0.6) is 0 Å². The lowest BCUT2D eigenvalue weighted by Gasteiger charge is -2.10. The highest BCUT2D eigenvalue weighted by atomic mass is 16.5. The summed E-state index contributed by atoms with van der Waals surface area (Å²) in [6.07, 6.45) is 0. The minimum Gasteiger partial charge on any atom is -0.463 e. The van der Waals surface area contributed by atoms with Gasteiger partial charge >= 0.3 is 5.97 Å². The van der Waals surface area contributed by atoms with Crippen molar-refractivity contribution in [3.63, 3.8) is 0 Å². The van der Waals surface area contributed by atoms with Crippen molar-refractivity contribution in [2.24, 2.45) is 5.73 Å². The number of esters is 1. The lowest BCUT2D eigenvalue weighted by Crippen LogP contribution is -2.31. The van der Waals surface area contributed by atoms with Gasteiger partial charge in [0.1, 0.15) is 12.6 Å². The fraction of sp³-hybridized carbons (Fsp3) is 0.857. The van der Waals surface area contributed by atoms with Gasteiger partial charge in [-0.25, -0.2) is 0 Å². The van der Waals surface area contributed by atoms with E-state index in [9.17, 15) is 4.79 Å². The van der Waals surface area contributed by atoms with Gasteiger partial charge in [-0.3, -0.25) is 4.79 Å². The summed E-state index contributed by atoms with van der Waals surface area (Å²) in [5.74, 6) is -0.341. The van der Waals surface area contributed by atoms with E-state index >= 15 is 0 Å². The first kappa shape index (κ1) is 10.4. The first-order valence-electron chi connectivity index (χ1n) is 3.61. The van der Waals surface area contributed by atoms with Gasteiger partial charge in [-0.15, -0.1) is 0 Å². The number of hydrogen-bond acceptors (Lipinski definition) is 4. The van der Waals surface area contributed by atoms with Crippen LogP contribution < -0.4 is 5.73 Å². The maximum atomic E-state index is 10.8. The van der Waals surface area contributed by atoms with Crippen molar-refractivity contribution in [2.45, 2.75) is 13.0 Å². The fourth-order valence-corrected chi connectivity index (χ4v) is 0.460. The monoisotopic (exact) mass is 160 g/mol. The van der Waals surface area contributed by atoms with Gasteiger partial charge in [-0.1, -0.05) is 0 Å². The van der Waals surface area contributed by atoms with E-state index in [0.29, 0.717) is 6.61 Å². The van der Waals surface area contributed by atoms with E-state index in [1.54, 1.807) is 6.92 Å². The number of nitrogens with zero attached hydrogens (tertiary/aromatic N) is 1. The van der Waals surface area contributed by atoms with Crippen LogP contribution in [0.1, 0.15) is 6.92 Å². The van der Waals surface area contributed by atoms with Crippen molar-refractivity contribution in [2.75, 3.05) is 27.2 Å². The van der Waals surface area contributed by atoms with Crippen LogP contribution in [-0.4, -0.2) is 44.2 Å². The molecule has 4 nitrogen and oxygen atoms in total. The van der Waals surface area contributed by atoms with E-state index in [1.807, 2.05) is 19.0 Å². The molecular formula is C7H16N2O2. The zero-order valence-electron chi connectivity index (χ0n) is 7.33. The number of carbonyl (C=O) groups is 1. The van der Waals surface area contributed by atoms with Crippen molar-refractivity contribution in [3.8, 4) is 0 Å². The van der Waals surface area contributed by atoms with Crippen LogP contribution in [0.3, 0.4) is 0 Å². The summed E-state index contributed by atoms with van der Waals surface area (Å²) >= 11 is 0. The second kappa shape index (κ2) is 5.09. The number of hydrogen-bond donors (Lipinski definition) is 1. The smallest absolute Gasteiger partial charge is 0.322 e. The van der Waals surface area contributed by atoms with Gasteiger partial charge in [0.05, 0.1) is 0 Å². The number of ether oxygens (including phenoxy) is 1. The molecule has 2 N–H and O–H groups in total. The quantitative estimate of drug-likeness (QED) is 0.560. The van der Waals surface area contributed by atoms with Gasteiger partial charge in [-0.2, -0.15) is 0 Å². The Labute approximate surface area is 67.3 Å². The van der Waals surface area contributed by atoms with Crippen molar-refractivity contribution in [1.29, 1.82) is 0 Å². The minimum atomic E-state index is -0.517. The molecule has 0 aliphatic carbocycles. The first-order valence-corrected chi connectivity index (χ1v) is 3.61. The minimum absolute atomic E-state index is 0.341. The zero-order valence-corrected chi connectivity index (χ0v) is 7.33. The maximum Gasteiger partial charge on any atom is 0.322 e. The summed E-state index contributed by atoms with van der Waals surface area (Å²) in [6.45, 7) is 2.75. The van der Waals surface area contributed by atoms with Crippen molar-refractivity contribution < 1.29 is 9.53 Å². The van der Waals surface area contributed by atoms with Crippen LogP contribution in [0.2, 0.25) is 0 Å². The summed E-state index contributed by atoms with van der Waals surface area (Å²) in [4.78, 5) is 12.7. The molecule has 1 atom stereocenters. The third-order valence-electron chi connectivity index (χ3n) is 1.15. The van der Waals surface area contributed by atoms with E-state index in [0.717, 1.165) is 6.54 Å². The van der Waals surface area contributed by atoms with Crippen molar-refractivity contribution >= 4 is 5.97 Å². The standard InChI is InChI=1S/C7H16N2O2/c1-6(8)7(10)11-5-4-9(2)3/h6H,4-5,8H2,1-3H3. The molecule has 0 aliphatic rings. The molecule has 0 spiro atoms. The molecule has 4 heteroatoms. The van der Waals surface area contributed by atoms with Crippen LogP contribution >= 0.6 is 0 Å². The first-order chi connectivity index (χ1) is 5.04. The Balaban J connectivity index is 3.32. The van der Waals surface area contributed by atoms with E-state index in [4.69, 9.17) is 10.5 Å². The maximum absolute atomic E-state index is 10.8. The molecule has 0 aromatic carbocycles. The Morgan fingerprint density at radius 3 is 2.55 bits per heavy atom. The van der Waals surface area contributed by atoms with Gasteiger partial charge in [0.25, 0.3) is 0 Å². The Bertz CT molecular complexity index is 124. The number of nitrogens with two attached hydrogens (primary N) is 1. The summed E-state index contributed by atoms with van der Waals surface area (Å²) in [6, 6.07) is -0.517. The summed E-state index contributed by atoms with van der Waals surface area (Å²) < 4.78 is 4.81. The zero-order chi connectivity index (χ0) is 8.85. The Morgan fingerprint density at radius 1 is 1.64 bits per heavy atom. The Morgan fingerprint density at radius 2 is 2.18 bits per heavy atom. The summed E-state index contributed by atoms with van der Waals surface area (Å²) in [5.41, 5.74) is 5.26. The molecular weight excluding hydrogens is 144 g/mol. The molecule has 0 amide bonds. The van der Waals surface area contributed by atoms with E-state index in [1.165, 1.54) is 0 Å². The van der Waals surface area contributed by atoms with Gasteiger partial charge in [0.2, 0.25) is 0 Å². The average Bonchev–Trinajstić information content (AvgIpc) is 1.86. The third-order valence-corrected chi connectivity index (χ3v) is 1.15. The molecule has 66 valence electrons. The molecule has 0 bridgehead atoms. The summed E-state index contributed by atoms with van der Waals surface area (Å²) in [5, 5.41) is 0. The highest BCUT2D eigenvalue weighted by Gasteiger charge is 2.07. The highest BCUT2D eigenvalue weighted by molar-refractivity contribution is 5.74. The van der Waals surface area contributed by atoms with Crippen LogP contribution in [0.4, 0.5) is 0 Å². The third kappa shape index (κ3) is 5.82. The molecule has 0 heterocycles. The van der Waals surface area contributed by atoms with Gasteiger partial charge in [0.15, 0.2) is 0 Å². The molecule has 1 unspecified atom stereocenters. The predicted molar refractivity (Wildman–Crippen MR) is 43.2 cm³/mol. The van der Waals surface area contributed by atoms with Crippen molar-refractivity contribution in [3.05, 3.63) is 0 Å². The van der Waals surface area contributed by atoms with Gasteiger partial charge < -0.3 is 15.4 Å². The normalized spacial score (nSPS) is 13.2. The highest BCUT2D eigenvalue weighted by Crippen LogP contribution is 1.84. The van der Waals surface area contributed by atoms with E-state index in [2.05, 4.69) is 0 Å². The second-order valence-corrected chi connectivity index (χ2v) is 2.76. The van der Waals surface area contributed by atoms with Gasteiger partial charge in [0, 0.05) is 6.54 Å². The molecule has 0 aliphatic heterocycles. The lowest BCUT2D eigenvalue weighted by molar-refractivity contribution is -0.145. The largest absolute Gasteiger partial charge is 0.463 e. The number of carbonyl (C=O) groups excluding carboxylic acids is 1. The van der Waals surface area contributed by atoms with E-state index in [-0.39, 0.29) is 5.97 Å². The Hall–Kier alpha value is -0.610. The molecule has 0 saturated carbocycles. The lowest BCUT2D eigenvalue weighted by atomic mass is 10.4. The van der Waals surface area contributed by atoms with Crippen LogP contribution in [-0.2, 0) is 9.53 Å². The molecule has 0 fully saturated rings. The SMILES string of the molecule is CC(N)C(=O)OCCN(C)C. The average molecular weight is 160 g/mol. The van der Waals surface area contributed by atoms with Crippen LogP contribution in [0.25, 0.3) is 0 Å². The summed E-state index contributed by atoms with van der Waals surface area (Å²) in [7, 11) is 3.83. The topological polar surface area (TPSA) is 55.6 Å². The predicted octanol–water partition coefficient (Wildman–Crippen LogP) is -0.562. The molecule has 0 saturated heterocycles. The Kier molecular flexibility index (Phi) is 4.81. The molecule has 0 aromatic rings. The molecule has 0 rings (SSSR count). The number of likely N-dealkylation sites (N-methyl/N-ethyl adjacent to an activating group) is 1. The molecule has 0 aromatic heterocycles. The molecule has 0 radical (unpaired) electrons. The van der Waals surface area contributed by atoms with Crippen LogP contribution in [0.15, 0.2) is 0 Å². The van der Waals surface area contributed by atoms with Crippen LogP contribution in [0, 0.1) is 0 Å². The fourth-order valence-electron chi connectivity index (χ4n) is 0.460. The number of rotatable bonds is 4. The van der Waals surface area contributed by atoms with E-state index < -0.39 is 6.04 Å². The van der Waals surface area contributed by atoms with Gasteiger partial charge in [-0.05, 0) is 21.0 Å².